The van der Waals surface area contributed by atoms with Crippen molar-refractivity contribution in [2.24, 2.45) is 5.92 Å². The predicted molar refractivity (Wildman–Crippen MR) is 101 cm³/mol. The number of para-hydroxylation sites is 1. The summed E-state index contributed by atoms with van der Waals surface area (Å²) >= 11 is 0. The zero-order valence-electron chi connectivity index (χ0n) is 16.2. The molecular weight excluding hydrogens is 366 g/mol. The topological polar surface area (TPSA) is 58.6 Å². The number of rotatable bonds is 6. The van der Waals surface area contributed by atoms with Gasteiger partial charge in [-0.15, -0.1) is 0 Å². The van der Waals surface area contributed by atoms with E-state index in [9.17, 15) is 18.4 Å². The van der Waals surface area contributed by atoms with E-state index in [4.69, 9.17) is 0 Å². The largest absolute Gasteiger partial charge is 0.434 e. The van der Waals surface area contributed by atoms with E-state index < -0.39 is 18.6 Å². The minimum atomic E-state index is -3.01. The van der Waals surface area contributed by atoms with Crippen molar-refractivity contribution in [3.63, 3.8) is 0 Å². The molecule has 1 aliphatic carbocycles. The van der Waals surface area contributed by atoms with Gasteiger partial charge in [0.1, 0.15) is 11.8 Å². The van der Waals surface area contributed by atoms with Gasteiger partial charge in [0.15, 0.2) is 0 Å². The first-order valence-electron chi connectivity index (χ1n) is 10.1. The number of hydrogen-bond donors (Lipinski definition) is 1. The number of amides is 2. The SMILES string of the molecule is CCC1CCC(NC(=O)C2CCCN2C(=O)c2ccccc2OC(F)F)CC1. The molecule has 3 rings (SSSR count). The standard InChI is InChI=1S/C21H28F2N2O3/c1-2-14-9-11-15(12-10-14)24-19(26)17-7-5-13-25(17)20(27)16-6-3-4-8-18(16)28-21(22)23/h3-4,6,8,14-15,17,21H,2,5,7,9-13H2,1H3,(H,24,26). The number of nitrogens with zero attached hydrogens (tertiary/aromatic N) is 1. The Bertz CT molecular complexity index is 690. The van der Waals surface area contributed by atoms with Crippen LogP contribution in [0.25, 0.3) is 0 Å². The fourth-order valence-electron chi connectivity index (χ4n) is 4.29. The Morgan fingerprint density at radius 3 is 2.57 bits per heavy atom. The number of ether oxygens (including phenoxy) is 1. The second-order valence-corrected chi connectivity index (χ2v) is 7.67. The minimum Gasteiger partial charge on any atom is -0.434 e. The highest BCUT2D eigenvalue weighted by Crippen LogP contribution is 2.29. The monoisotopic (exact) mass is 394 g/mol. The quantitative estimate of drug-likeness (QED) is 0.794. The molecule has 1 aliphatic heterocycles. The van der Waals surface area contributed by atoms with Gasteiger partial charge in [-0.25, -0.2) is 0 Å². The van der Waals surface area contributed by atoms with Crippen LogP contribution in [0.4, 0.5) is 8.78 Å². The second-order valence-electron chi connectivity index (χ2n) is 7.67. The van der Waals surface area contributed by atoms with Gasteiger partial charge in [-0.3, -0.25) is 9.59 Å². The van der Waals surface area contributed by atoms with Crippen molar-refractivity contribution >= 4 is 11.8 Å². The molecule has 1 N–H and O–H groups in total. The Morgan fingerprint density at radius 2 is 1.89 bits per heavy atom. The van der Waals surface area contributed by atoms with E-state index in [2.05, 4.69) is 17.0 Å². The molecule has 2 aliphatic rings. The van der Waals surface area contributed by atoms with Crippen LogP contribution in [0.5, 0.6) is 5.75 Å². The molecule has 0 spiro atoms. The average molecular weight is 394 g/mol. The maximum Gasteiger partial charge on any atom is 0.387 e. The van der Waals surface area contributed by atoms with Gasteiger partial charge in [0.05, 0.1) is 5.56 Å². The number of likely N-dealkylation sites (tertiary alicyclic amines) is 1. The van der Waals surface area contributed by atoms with Crippen LogP contribution in [0, 0.1) is 5.92 Å². The highest BCUT2D eigenvalue weighted by atomic mass is 19.3. The van der Waals surface area contributed by atoms with Crippen LogP contribution in [0.3, 0.4) is 0 Å². The van der Waals surface area contributed by atoms with Crippen LogP contribution in [0.15, 0.2) is 24.3 Å². The maximum atomic E-state index is 13.0. The Kier molecular flexibility index (Phi) is 6.86. The summed E-state index contributed by atoms with van der Waals surface area (Å²) in [5.41, 5.74) is 0.0611. The lowest BCUT2D eigenvalue weighted by atomic mass is 9.84. The number of alkyl halides is 2. The van der Waals surface area contributed by atoms with Gasteiger partial charge in [0.2, 0.25) is 5.91 Å². The molecule has 1 aromatic rings. The fraction of sp³-hybridized carbons (Fsp3) is 0.619. The van der Waals surface area contributed by atoms with Crippen LogP contribution in [-0.2, 0) is 4.79 Å². The molecule has 2 amide bonds. The highest BCUT2D eigenvalue weighted by Gasteiger charge is 2.36. The van der Waals surface area contributed by atoms with Crippen LogP contribution >= 0.6 is 0 Å². The summed E-state index contributed by atoms with van der Waals surface area (Å²) in [6.07, 6.45) is 6.64. The molecular formula is C21H28F2N2O3. The van der Waals surface area contributed by atoms with Gasteiger partial charge in [-0.1, -0.05) is 25.5 Å². The molecule has 1 aromatic carbocycles. The fourth-order valence-corrected chi connectivity index (χ4v) is 4.29. The lowest BCUT2D eigenvalue weighted by Gasteiger charge is -2.31. The third-order valence-corrected chi connectivity index (χ3v) is 5.92. The molecule has 0 aromatic heterocycles. The lowest BCUT2D eigenvalue weighted by Crippen LogP contribution is -2.49. The first kappa shape index (κ1) is 20.6. The van der Waals surface area contributed by atoms with E-state index in [-0.39, 0.29) is 23.3 Å². The first-order valence-corrected chi connectivity index (χ1v) is 10.1. The van der Waals surface area contributed by atoms with Crippen LogP contribution in [-0.4, -0.2) is 42.0 Å². The molecule has 0 radical (unpaired) electrons. The average Bonchev–Trinajstić information content (AvgIpc) is 3.18. The lowest BCUT2D eigenvalue weighted by molar-refractivity contribution is -0.125. The molecule has 1 heterocycles. The van der Waals surface area contributed by atoms with Gasteiger partial charge in [-0.05, 0) is 56.6 Å². The van der Waals surface area contributed by atoms with Gasteiger partial charge in [0.25, 0.3) is 5.91 Å². The van der Waals surface area contributed by atoms with E-state index in [1.807, 2.05) is 0 Å². The molecule has 28 heavy (non-hydrogen) atoms. The van der Waals surface area contributed by atoms with E-state index in [0.29, 0.717) is 19.4 Å². The van der Waals surface area contributed by atoms with Gasteiger partial charge in [0, 0.05) is 12.6 Å². The molecule has 7 heteroatoms. The zero-order valence-corrected chi connectivity index (χ0v) is 16.2. The van der Waals surface area contributed by atoms with Crippen molar-refractivity contribution in [2.45, 2.75) is 70.6 Å². The summed E-state index contributed by atoms with van der Waals surface area (Å²) in [7, 11) is 0. The number of carbonyl (C=O) groups excluding carboxylic acids is 2. The van der Waals surface area contributed by atoms with Gasteiger partial charge < -0.3 is 15.0 Å². The number of benzene rings is 1. The molecule has 1 saturated carbocycles. The van der Waals surface area contributed by atoms with Crippen LogP contribution in [0.2, 0.25) is 0 Å². The second kappa shape index (κ2) is 9.34. The van der Waals surface area contributed by atoms with E-state index in [0.717, 1.165) is 31.6 Å². The summed E-state index contributed by atoms with van der Waals surface area (Å²) in [5, 5.41) is 3.10. The minimum absolute atomic E-state index is 0.0611. The van der Waals surface area contributed by atoms with Crippen LogP contribution < -0.4 is 10.1 Å². The molecule has 5 nitrogen and oxygen atoms in total. The number of halogens is 2. The Balaban J connectivity index is 1.66. The Morgan fingerprint density at radius 1 is 1.18 bits per heavy atom. The maximum absolute atomic E-state index is 13.0. The summed E-state index contributed by atoms with van der Waals surface area (Å²) in [6, 6.07) is 5.53. The predicted octanol–water partition coefficient (Wildman–Crippen LogP) is 3.98. The Hall–Kier alpha value is -2.18. The number of carbonyl (C=O) groups is 2. The van der Waals surface area contributed by atoms with Gasteiger partial charge in [-0.2, -0.15) is 8.78 Å². The number of hydrogen-bond acceptors (Lipinski definition) is 3. The normalized spacial score (nSPS) is 25.0. The Labute approximate surface area is 164 Å². The first-order chi connectivity index (χ1) is 13.5. The molecule has 2 fully saturated rings. The molecule has 0 bridgehead atoms. The summed E-state index contributed by atoms with van der Waals surface area (Å²) < 4.78 is 29.8. The molecule has 154 valence electrons. The smallest absolute Gasteiger partial charge is 0.387 e. The van der Waals surface area contributed by atoms with Crippen molar-refractivity contribution in [1.29, 1.82) is 0 Å². The summed E-state index contributed by atoms with van der Waals surface area (Å²) in [4.78, 5) is 27.3. The molecule has 1 saturated heterocycles. The molecule has 1 unspecified atom stereocenters. The zero-order chi connectivity index (χ0) is 20.1. The summed E-state index contributed by atoms with van der Waals surface area (Å²) in [6.45, 7) is -0.381. The summed E-state index contributed by atoms with van der Waals surface area (Å²) in [5.74, 6) is -0.00265. The number of nitrogens with one attached hydrogen (secondary N) is 1. The van der Waals surface area contributed by atoms with E-state index in [1.54, 1.807) is 6.07 Å². The molecule has 1 atom stereocenters. The van der Waals surface area contributed by atoms with Crippen LogP contribution in [0.1, 0.15) is 62.2 Å². The van der Waals surface area contributed by atoms with Crippen molar-refractivity contribution in [3.05, 3.63) is 29.8 Å². The van der Waals surface area contributed by atoms with Gasteiger partial charge >= 0.3 is 6.61 Å². The van der Waals surface area contributed by atoms with Crippen molar-refractivity contribution in [1.82, 2.24) is 10.2 Å². The van der Waals surface area contributed by atoms with E-state index in [1.165, 1.54) is 29.5 Å². The highest BCUT2D eigenvalue weighted by molar-refractivity contribution is 6.00. The van der Waals surface area contributed by atoms with Crippen molar-refractivity contribution < 1.29 is 23.1 Å². The van der Waals surface area contributed by atoms with Crippen molar-refractivity contribution in [3.8, 4) is 5.75 Å². The third-order valence-electron chi connectivity index (χ3n) is 5.92. The van der Waals surface area contributed by atoms with E-state index >= 15 is 0 Å². The third kappa shape index (κ3) is 4.80. The van der Waals surface area contributed by atoms with Crippen molar-refractivity contribution in [2.75, 3.05) is 6.54 Å².